The number of nitrogens with one attached hydrogen (secondary N) is 2. The molecule has 0 aliphatic rings. The number of hydrogen-bond acceptors (Lipinski definition) is 4. The van der Waals surface area contributed by atoms with Gasteiger partial charge in [0.15, 0.2) is 10.6 Å². The smallest absolute Gasteiger partial charge is 0.244 e. The van der Waals surface area contributed by atoms with Crippen molar-refractivity contribution in [1.82, 2.24) is 14.8 Å². The number of rotatable bonds is 5. The highest BCUT2D eigenvalue weighted by atomic mass is 32.1. The molecule has 2 N–H and O–H groups in total. The molecule has 0 unspecified atom stereocenters. The molecule has 0 fully saturated rings. The number of ether oxygens (including phenoxy) is 1. The van der Waals surface area contributed by atoms with Crippen LogP contribution in [0.4, 0.5) is 5.69 Å². The van der Waals surface area contributed by atoms with Gasteiger partial charge >= 0.3 is 0 Å². The van der Waals surface area contributed by atoms with Crippen LogP contribution in [0.25, 0.3) is 11.4 Å². The highest BCUT2D eigenvalue weighted by Crippen LogP contribution is 2.31. The largest absolute Gasteiger partial charge is 0.495 e. The maximum absolute atomic E-state index is 12.8. The van der Waals surface area contributed by atoms with Gasteiger partial charge in [-0.15, -0.1) is 0 Å². The first-order valence-electron chi connectivity index (χ1n) is 9.39. The van der Waals surface area contributed by atoms with E-state index in [9.17, 15) is 4.79 Å². The molecule has 0 aliphatic carbocycles. The van der Waals surface area contributed by atoms with E-state index in [0.717, 1.165) is 16.7 Å². The number of nitrogens with zero attached hydrogens (tertiary/aromatic N) is 2. The molecule has 6 nitrogen and oxygen atoms in total. The number of methoxy groups -OCH3 is 1. The lowest BCUT2D eigenvalue weighted by Gasteiger charge is -2.21. The van der Waals surface area contributed by atoms with E-state index in [1.54, 1.807) is 11.7 Å². The number of carbonyl (C=O) groups is 1. The molecule has 0 radical (unpaired) electrons. The number of H-pyrrole nitrogens is 1. The summed E-state index contributed by atoms with van der Waals surface area (Å²) in [6.07, 6.45) is 0. The van der Waals surface area contributed by atoms with Gasteiger partial charge in [0.25, 0.3) is 0 Å². The molecule has 7 heteroatoms. The van der Waals surface area contributed by atoms with Gasteiger partial charge in [-0.1, -0.05) is 56.7 Å². The summed E-state index contributed by atoms with van der Waals surface area (Å²) in [5.41, 5.74) is 3.74. The summed E-state index contributed by atoms with van der Waals surface area (Å²) in [7, 11) is 1.59. The summed E-state index contributed by atoms with van der Waals surface area (Å²) < 4.78 is 7.50. The molecule has 2 aromatic carbocycles. The van der Waals surface area contributed by atoms with Gasteiger partial charge in [-0.2, -0.15) is 5.10 Å². The molecular formula is C22H26N4O2S. The first kappa shape index (κ1) is 20.8. The van der Waals surface area contributed by atoms with Gasteiger partial charge in [0.05, 0.1) is 12.8 Å². The highest BCUT2D eigenvalue weighted by Gasteiger charge is 2.18. The Kier molecular flexibility index (Phi) is 5.88. The van der Waals surface area contributed by atoms with E-state index in [4.69, 9.17) is 17.0 Å². The minimum Gasteiger partial charge on any atom is -0.495 e. The maximum atomic E-state index is 12.8. The monoisotopic (exact) mass is 410 g/mol. The van der Waals surface area contributed by atoms with Gasteiger partial charge in [-0.25, -0.2) is 0 Å². The van der Waals surface area contributed by atoms with Crippen LogP contribution >= 0.6 is 12.2 Å². The predicted molar refractivity (Wildman–Crippen MR) is 118 cm³/mol. The Bertz CT molecular complexity index is 1080. The summed E-state index contributed by atoms with van der Waals surface area (Å²) in [5, 5.41) is 10.0. The molecule has 0 bridgehead atoms. The van der Waals surface area contributed by atoms with Crippen molar-refractivity contribution >= 4 is 23.8 Å². The summed E-state index contributed by atoms with van der Waals surface area (Å²) in [4.78, 5) is 12.8. The lowest BCUT2D eigenvalue weighted by Crippen LogP contribution is -2.20. The van der Waals surface area contributed by atoms with Gasteiger partial charge in [0, 0.05) is 5.56 Å². The molecule has 0 saturated carbocycles. The molecule has 1 amide bonds. The van der Waals surface area contributed by atoms with Gasteiger partial charge in [0.2, 0.25) is 5.91 Å². The quantitative estimate of drug-likeness (QED) is 0.589. The zero-order valence-electron chi connectivity index (χ0n) is 17.4. The molecule has 0 spiro atoms. The summed E-state index contributed by atoms with van der Waals surface area (Å²) in [5.74, 6) is 1.03. The van der Waals surface area contributed by atoms with E-state index in [1.807, 2.05) is 49.4 Å². The average molecular weight is 411 g/mol. The van der Waals surface area contributed by atoms with Gasteiger partial charge < -0.3 is 10.1 Å². The van der Waals surface area contributed by atoms with Crippen LogP contribution in [0.5, 0.6) is 5.75 Å². The molecular weight excluding hydrogens is 384 g/mol. The lowest BCUT2D eigenvalue weighted by molar-refractivity contribution is -0.116. The fraction of sp³-hybridized carbons (Fsp3) is 0.318. The molecule has 0 saturated heterocycles. The van der Waals surface area contributed by atoms with E-state index < -0.39 is 0 Å². The number of amides is 1. The van der Waals surface area contributed by atoms with Gasteiger partial charge in [-0.05, 0) is 42.3 Å². The van der Waals surface area contributed by atoms with Crippen LogP contribution < -0.4 is 10.1 Å². The summed E-state index contributed by atoms with van der Waals surface area (Å²) in [6, 6.07) is 13.8. The van der Waals surface area contributed by atoms with E-state index in [0.29, 0.717) is 22.0 Å². The van der Waals surface area contributed by atoms with Crippen molar-refractivity contribution in [3.63, 3.8) is 0 Å². The molecule has 0 atom stereocenters. The standard InChI is InChI=1S/C22H26N4O2S/c1-14-6-8-15(9-7-14)20-24-25-21(29)26(20)13-19(27)23-17-12-16(22(2,3)4)10-11-18(17)28-5/h6-12H,13H2,1-5H3,(H,23,27)(H,25,29). The first-order valence-corrected chi connectivity index (χ1v) is 9.80. The average Bonchev–Trinajstić information content (AvgIpc) is 3.02. The highest BCUT2D eigenvalue weighted by molar-refractivity contribution is 7.71. The number of anilines is 1. The minimum absolute atomic E-state index is 0.0431. The second-order valence-electron chi connectivity index (χ2n) is 8.02. The molecule has 0 aliphatic heterocycles. The van der Waals surface area contributed by atoms with Crippen LogP contribution in [-0.2, 0) is 16.8 Å². The Morgan fingerprint density at radius 3 is 2.52 bits per heavy atom. The minimum atomic E-state index is -0.208. The van der Waals surface area contributed by atoms with E-state index >= 15 is 0 Å². The molecule has 152 valence electrons. The van der Waals surface area contributed by atoms with Crippen LogP contribution in [0.15, 0.2) is 42.5 Å². The number of aromatic nitrogens is 3. The number of aromatic amines is 1. The van der Waals surface area contributed by atoms with Crippen molar-refractivity contribution in [3.8, 4) is 17.1 Å². The van der Waals surface area contributed by atoms with E-state index in [-0.39, 0.29) is 17.9 Å². The molecule has 29 heavy (non-hydrogen) atoms. The van der Waals surface area contributed by atoms with Crippen LogP contribution in [0, 0.1) is 11.7 Å². The number of hydrogen-bond donors (Lipinski definition) is 2. The van der Waals surface area contributed by atoms with Crippen molar-refractivity contribution in [2.45, 2.75) is 39.7 Å². The Balaban J connectivity index is 1.86. The van der Waals surface area contributed by atoms with Crippen LogP contribution in [-0.4, -0.2) is 27.8 Å². The third-order valence-electron chi connectivity index (χ3n) is 4.71. The summed E-state index contributed by atoms with van der Waals surface area (Å²) in [6.45, 7) is 8.44. The zero-order valence-corrected chi connectivity index (χ0v) is 18.2. The van der Waals surface area contributed by atoms with Crippen LogP contribution in [0.1, 0.15) is 31.9 Å². The number of aryl methyl sites for hydroxylation is 1. The Hall–Kier alpha value is -2.93. The molecule has 1 aromatic heterocycles. The van der Waals surface area contributed by atoms with Gasteiger partial charge in [0.1, 0.15) is 12.3 Å². The Labute approximate surface area is 175 Å². The molecule has 1 heterocycles. The zero-order chi connectivity index (χ0) is 21.2. The van der Waals surface area contributed by atoms with Crippen molar-refractivity contribution in [2.24, 2.45) is 0 Å². The second kappa shape index (κ2) is 8.21. The SMILES string of the molecule is COc1ccc(C(C)(C)C)cc1NC(=O)Cn1c(-c2ccc(C)cc2)n[nH]c1=S. The fourth-order valence-electron chi connectivity index (χ4n) is 2.99. The normalized spacial score (nSPS) is 11.3. The first-order chi connectivity index (χ1) is 13.7. The van der Waals surface area contributed by atoms with E-state index in [2.05, 4.69) is 36.3 Å². The van der Waals surface area contributed by atoms with Crippen molar-refractivity contribution in [1.29, 1.82) is 0 Å². The van der Waals surface area contributed by atoms with Crippen LogP contribution in [0.3, 0.4) is 0 Å². The van der Waals surface area contributed by atoms with Crippen molar-refractivity contribution in [2.75, 3.05) is 12.4 Å². The lowest BCUT2D eigenvalue weighted by atomic mass is 9.87. The predicted octanol–water partition coefficient (Wildman–Crippen LogP) is 4.86. The third-order valence-corrected chi connectivity index (χ3v) is 5.02. The van der Waals surface area contributed by atoms with E-state index in [1.165, 1.54) is 0 Å². The third kappa shape index (κ3) is 4.74. The van der Waals surface area contributed by atoms with Crippen LogP contribution in [0.2, 0.25) is 0 Å². The Morgan fingerprint density at radius 1 is 1.21 bits per heavy atom. The molecule has 3 rings (SSSR count). The van der Waals surface area contributed by atoms with Crippen molar-refractivity contribution < 1.29 is 9.53 Å². The second-order valence-corrected chi connectivity index (χ2v) is 8.40. The fourth-order valence-corrected chi connectivity index (χ4v) is 3.19. The maximum Gasteiger partial charge on any atom is 0.244 e. The van der Waals surface area contributed by atoms with Gasteiger partial charge in [-0.3, -0.25) is 14.5 Å². The number of carbonyl (C=O) groups excluding carboxylic acids is 1. The van der Waals surface area contributed by atoms with Crippen molar-refractivity contribution in [3.05, 3.63) is 58.4 Å². The summed E-state index contributed by atoms with van der Waals surface area (Å²) >= 11 is 5.34. The number of benzene rings is 2. The Morgan fingerprint density at radius 2 is 1.90 bits per heavy atom. The molecule has 3 aromatic rings. The topological polar surface area (TPSA) is 71.9 Å².